The van der Waals surface area contributed by atoms with Crippen LogP contribution in [0.2, 0.25) is 0 Å². The number of carbonyl (C=O) groups is 1. The van der Waals surface area contributed by atoms with Crippen molar-refractivity contribution in [3.05, 3.63) is 69.8 Å². The van der Waals surface area contributed by atoms with Gasteiger partial charge in [-0.2, -0.15) is 0 Å². The zero-order valence-electron chi connectivity index (χ0n) is 14.4. The second-order valence-corrected chi connectivity index (χ2v) is 5.75. The van der Waals surface area contributed by atoms with E-state index < -0.39 is 10.9 Å². The Morgan fingerprint density at radius 1 is 1.24 bits per heavy atom. The molecule has 0 spiro atoms. The second kappa shape index (κ2) is 8.25. The van der Waals surface area contributed by atoms with Crippen molar-refractivity contribution in [3.8, 4) is 0 Å². The lowest BCUT2D eigenvalue weighted by molar-refractivity contribution is -0.385. The number of likely N-dealkylation sites (N-methyl/N-ethyl adjacent to an activating group) is 1. The smallest absolute Gasteiger partial charge is 0.344 e. The van der Waals surface area contributed by atoms with Crippen molar-refractivity contribution in [3.63, 3.8) is 0 Å². The predicted octanol–water partition coefficient (Wildman–Crippen LogP) is 3.10. The quantitative estimate of drug-likeness (QED) is 0.472. The molecular weight excluding hydrogens is 322 g/mol. The van der Waals surface area contributed by atoms with Gasteiger partial charge in [0, 0.05) is 18.3 Å². The highest BCUT2D eigenvalue weighted by Gasteiger charge is 2.21. The molecule has 25 heavy (non-hydrogen) atoms. The number of carbonyl (C=O) groups excluding carboxylic acids is 1. The van der Waals surface area contributed by atoms with Gasteiger partial charge in [0.05, 0.1) is 18.1 Å². The summed E-state index contributed by atoms with van der Waals surface area (Å²) in [7, 11) is 5.16. The van der Waals surface area contributed by atoms with Crippen LogP contribution in [0.25, 0.3) is 0 Å². The zero-order valence-corrected chi connectivity index (χ0v) is 14.4. The molecule has 0 radical (unpaired) electrons. The fourth-order valence-electron chi connectivity index (χ4n) is 2.57. The Morgan fingerprint density at radius 3 is 2.48 bits per heavy atom. The van der Waals surface area contributed by atoms with Gasteiger partial charge in [0.1, 0.15) is 5.56 Å². The summed E-state index contributed by atoms with van der Waals surface area (Å²) in [6.45, 7) is 0.579. The largest absolute Gasteiger partial charge is 0.465 e. The number of hydrogen-bond acceptors (Lipinski definition) is 6. The molecule has 132 valence electrons. The molecule has 0 fully saturated rings. The molecule has 1 atom stereocenters. The summed E-state index contributed by atoms with van der Waals surface area (Å²) >= 11 is 0. The number of nitrogens with one attached hydrogen (secondary N) is 1. The maximum Gasteiger partial charge on any atom is 0.344 e. The van der Waals surface area contributed by atoms with Crippen LogP contribution in [0.15, 0.2) is 48.5 Å². The number of nitrogens with zero attached hydrogens (tertiary/aromatic N) is 2. The lowest BCUT2D eigenvalue weighted by atomic mass is 10.1. The van der Waals surface area contributed by atoms with E-state index >= 15 is 0 Å². The number of methoxy groups -OCH3 is 1. The second-order valence-electron chi connectivity index (χ2n) is 5.75. The molecular formula is C18H21N3O4. The monoisotopic (exact) mass is 343 g/mol. The zero-order chi connectivity index (χ0) is 18.4. The van der Waals surface area contributed by atoms with Gasteiger partial charge < -0.3 is 15.0 Å². The minimum absolute atomic E-state index is 0.0707. The normalized spacial score (nSPS) is 11.8. The average molecular weight is 343 g/mol. The predicted molar refractivity (Wildman–Crippen MR) is 95.8 cm³/mol. The van der Waals surface area contributed by atoms with Gasteiger partial charge in [-0.1, -0.05) is 30.3 Å². The molecule has 1 N–H and O–H groups in total. The van der Waals surface area contributed by atoms with Crippen molar-refractivity contribution in [2.45, 2.75) is 6.04 Å². The van der Waals surface area contributed by atoms with Gasteiger partial charge in [-0.05, 0) is 31.8 Å². The molecule has 0 aliphatic heterocycles. The van der Waals surface area contributed by atoms with Crippen molar-refractivity contribution in [2.24, 2.45) is 0 Å². The third-order valence-electron chi connectivity index (χ3n) is 3.91. The van der Waals surface area contributed by atoms with Crippen molar-refractivity contribution in [1.82, 2.24) is 4.90 Å². The molecule has 0 bridgehead atoms. The number of esters is 1. The van der Waals surface area contributed by atoms with Crippen molar-refractivity contribution < 1.29 is 14.5 Å². The summed E-state index contributed by atoms with van der Waals surface area (Å²) in [6, 6.07) is 14.5. The number of nitro groups is 1. The molecule has 0 aliphatic carbocycles. The molecule has 0 amide bonds. The Labute approximate surface area is 146 Å². The van der Waals surface area contributed by atoms with E-state index in [1.54, 1.807) is 6.07 Å². The topological polar surface area (TPSA) is 84.7 Å². The molecule has 1 unspecified atom stereocenters. The molecule has 7 heteroatoms. The van der Waals surface area contributed by atoms with Crippen LogP contribution in [0.5, 0.6) is 0 Å². The Balaban J connectivity index is 2.22. The first kappa shape index (κ1) is 18.4. The van der Waals surface area contributed by atoms with Crippen LogP contribution in [0.1, 0.15) is 22.0 Å². The Bertz CT molecular complexity index is 747. The van der Waals surface area contributed by atoms with E-state index in [0.717, 1.165) is 5.56 Å². The highest BCUT2D eigenvalue weighted by Crippen LogP contribution is 2.25. The average Bonchev–Trinajstić information content (AvgIpc) is 2.61. The SMILES string of the molecule is COC(=O)c1cc(NCC(c2ccccc2)N(C)C)ccc1[N+](=O)[O-]. The van der Waals surface area contributed by atoms with Gasteiger partial charge in [0.25, 0.3) is 5.69 Å². The Hall–Kier alpha value is -2.93. The number of rotatable bonds is 7. The molecule has 2 aromatic rings. The molecule has 2 aromatic carbocycles. The van der Waals surface area contributed by atoms with Crippen LogP contribution in [-0.2, 0) is 4.74 Å². The number of nitro benzene ring substituents is 1. The van der Waals surface area contributed by atoms with Crippen LogP contribution in [0.3, 0.4) is 0 Å². The molecule has 0 aromatic heterocycles. The highest BCUT2D eigenvalue weighted by atomic mass is 16.6. The molecule has 0 aliphatic rings. The van der Waals surface area contributed by atoms with Crippen LogP contribution < -0.4 is 5.32 Å². The van der Waals surface area contributed by atoms with E-state index in [2.05, 4.69) is 15.0 Å². The van der Waals surface area contributed by atoms with E-state index in [0.29, 0.717) is 12.2 Å². The molecule has 0 saturated heterocycles. The van der Waals surface area contributed by atoms with E-state index in [1.165, 1.54) is 19.2 Å². The molecule has 2 rings (SSSR count). The van der Waals surface area contributed by atoms with E-state index in [-0.39, 0.29) is 17.3 Å². The Morgan fingerprint density at radius 2 is 1.92 bits per heavy atom. The van der Waals surface area contributed by atoms with Gasteiger partial charge in [0.15, 0.2) is 0 Å². The summed E-state index contributed by atoms with van der Waals surface area (Å²) < 4.78 is 4.64. The van der Waals surface area contributed by atoms with Crippen LogP contribution in [0, 0.1) is 10.1 Å². The number of benzene rings is 2. The fraction of sp³-hybridized carbons (Fsp3) is 0.278. The van der Waals surface area contributed by atoms with Crippen molar-refractivity contribution >= 4 is 17.3 Å². The van der Waals surface area contributed by atoms with Gasteiger partial charge in [-0.3, -0.25) is 10.1 Å². The lowest BCUT2D eigenvalue weighted by Gasteiger charge is -2.25. The van der Waals surface area contributed by atoms with Crippen LogP contribution in [-0.4, -0.2) is 43.5 Å². The summed E-state index contributed by atoms with van der Waals surface area (Å²) in [5, 5.41) is 14.3. The molecule has 7 nitrogen and oxygen atoms in total. The minimum atomic E-state index is -0.734. The number of ether oxygens (including phenoxy) is 1. The van der Waals surface area contributed by atoms with Gasteiger partial charge in [-0.15, -0.1) is 0 Å². The third-order valence-corrected chi connectivity index (χ3v) is 3.91. The standard InChI is InChI=1S/C18H21N3O4/c1-20(2)17(13-7-5-4-6-8-13)12-19-14-9-10-16(21(23)24)15(11-14)18(22)25-3/h4-11,17,19H,12H2,1-3H3. The van der Waals surface area contributed by atoms with Gasteiger partial charge in [0.2, 0.25) is 0 Å². The first-order valence-corrected chi connectivity index (χ1v) is 7.76. The first-order chi connectivity index (χ1) is 11.9. The number of anilines is 1. The molecule has 0 saturated carbocycles. The van der Waals surface area contributed by atoms with E-state index in [1.807, 2.05) is 44.4 Å². The van der Waals surface area contributed by atoms with E-state index in [4.69, 9.17) is 0 Å². The van der Waals surface area contributed by atoms with Crippen LogP contribution >= 0.6 is 0 Å². The third kappa shape index (κ3) is 4.54. The summed E-state index contributed by atoms with van der Waals surface area (Å²) in [5.74, 6) is -0.734. The first-order valence-electron chi connectivity index (χ1n) is 7.76. The van der Waals surface area contributed by atoms with Crippen molar-refractivity contribution in [1.29, 1.82) is 0 Å². The van der Waals surface area contributed by atoms with Crippen molar-refractivity contribution in [2.75, 3.05) is 33.1 Å². The number of hydrogen-bond donors (Lipinski definition) is 1. The van der Waals surface area contributed by atoms with E-state index in [9.17, 15) is 14.9 Å². The van der Waals surface area contributed by atoms with Crippen LogP contribution in [0.4, 0.5) is 11.4 Å². The molecule has 0 heterocycles. The lowest BCUT2D eigenvalue weighted by Crippen LogP contribution is -2.26. The maximum absolute atomic E-state index is 11.8. The minimum Gasteiger partial charge on any atom is -0.465 e. The Kier molecular flexibility index (Phi) is 6.08. The fourth-order valence-corrected chi connectivity index (χ4v) is 2.57. The summed E-state index contributed by atoms with van der Waals surface area (Å²) in [5.41, 5.74) is 1.42. The maximum atomic E-state index is 11.8. The van der Waals surface area contributed by atoms with Gasteiger partial charge >= 0.3 is 5.97 Å². The van der Waals surface area contributed by atoms with Gasteiger partial charge in [-0.25, -0.2) is 4.79 Å². The summed E-state index contributed by atoms with van der Waals surface area (Å²) in [4.78, 5) is 24.3. The highest BCUT2D eigenvalue weighted by molar-refractivity contribution is 5.95. The summed E-state index contributed by atoms with van der Waals surface area (Å²) in [6.07, 6.45) is 0.